The van der Waals surface area contributed by atoms with Crippen LogP contribution in [0.3, 0.4) is 0 Å². The van der Waals surface area contributed by atoms with Gasteiger partial charge in [0.1, 0.15) is 11.2 Å². The second kappa shape index (κ2) is 3.99. The maximum absolute atomic E-state index is 5.88. The van der Waals surface area contributed by atoms with Crippen LogP contribution in [0.1, 0.15) is 0 Å². The van der Waals surface area contributed by atoms with Crippen LogP contribution >= 0.6 is 0 Å². The molecule has 1 nitrogen and oxygen atoms in total. The Morgan fingerprint density at radius 3 is 2.47 bits per heavy atom. The second-order valence-corrected chi connectivity index (χ2v) is 4.56. The van der Waals surface area contributed by atoms with Gasteiger partial charge in [0.2, 0.25) is 0 Å². The van der Waals surface area contributed by atoms with E-state index in [-0.39, 0.29) is 0 Å². The molecule has 0 amide bonds. The highest BCUT2D eigenvalue weighted by atomic mass is 16.3. The molecule has 0 bridgehead atoms. The minimum absolute atomic E-state index is 0.890. The van der Waals surface area contributed by atoms with E-state index in [0.717, 1.165) is 21.9 Å². The third-order valence-corrected chi connectivity index (χ3v) is 3.40. The summed E-state index contributed by atoms with van der Waals surface area (Å²) in [7, 11) is 0. The molecule has 0 aliphatic rings. The molecular weight excluding hydrogens is 232 g/mol. The van der Waals surface area contributed by atoms with E-state index in [0.29, 0.717) is 0 Å². The van der Waals surface area contributed by atoms with E-state index in [1.165, 1.54) is 11.1 Å². The molecule has 1 heteroatoms. The van der Waals surface area contributed by atoms with Crippen LogP contribution in [0.2, 0.25) is 0 Å². The van der Waals surface area contributed by atoms with Crippen molar-refractivity contribution in [2.24, 2.45) is 0 Å². The highest BCUT2D eigenvalue weighted by Crippen LogP contribution is 2.35. The summed E-state index contributed by atoms with van der Waals surface area (Å²) < 4.78 is 5.88. The van der Waals surface area contributed by atoms with Crippen molar-refractivity contribution in [3.63, 3.8) is 0 Å². The summed E-state index contributed by atoms with van der Waals surface area (Å²) in [5.41, 5.74) is 4.20. The van der Waals surface area contributed by atoms with Gasteiger partial charge in [-0.05, 0) is 29.3 Å². The maximum Gasteiger partial charge on any atom is 0.136 e. The molecule has 4 aromatic rings. The molecule has 89 valence electrons. The summed E-state index contributed by atoms with van der Waals surface area (Å²) in [6.45, 7) is 0. The Kier molecular flexibility index (Phi) is 2.18. The van der Waals surface area contributed by atoms with Crippen molar-refractivity contribution in [3.8, 4) is 11.1 Å². The minimum atomic E-state index is 0.890. The highest BCUT2D eigenvalue weighted by molar-refractivity contribution is 6.12. The normalized spacial score (nSPS) is 11.2. The first-order valence-corrected chi connectivity index (χ1v) is 6.31. The van der Waals surface area contributed by atoms with Crippen LogP contribution < -0.4 is 0 Å². The minimum Gasteiger partial charge on any atom is -0.456 e. The van der Waals surface area contributed by atoms with Crippen molar-refractivity contribution in [2.75, 3.05) is 0 Å². The molecule has 0 unspecified atom stereocenters. The molecule has 0 saturated carbocycles. The molecule has 0 spiro atoms. The van der Waals surface area contributed by atoms with Gasteiger partial charge in [-0.2, -0.15) is 0 Å². The molecule has 0 aliphatic heterocycles. The van der Waals surface area contributed by atoms with E-state index < -0.39 is 0 Å². The fraction of sp³-hybridized carbons (Fsp3) is 0. The average molecular weight is 243 g/mol. The lowest BCUT2D eigenvalue weighted by Crippen LogP contribution is -1.78. The van der Waals surface area contributed by atoms with Crippen LogP contribution in [0, 0.1) is 6.07 Å². The van der Waals surface area contributed by atoms with E-state index in [1.54, 1.807) is 0 Å². The first-order chi connectivity index (χ1) is 9.43. The summed E-state index contributed by atoms with van der Waals surface area (Å²) in [5.74, 6) is 0. The zero-order valence-electron chi connectivity index (χ0n) is 10.3. The highest BCUT2D eigenvalue weighted by Gasteiger charge is 2.11. The van der Waals surface area contributed by atoms with E-state index in [2.05, 4.69) is 36.4 Å². The number of fused-ring (bicyclic) bond motifs is 3. The van der Waals surface area contributed by atoms with Crippen LogP contribution in [-0.4, -0.2) is 0 Å². The lowest BCUT2D eigenvalue weighted by molar-refractivity contribution is 0.669. The van der Waals surface area contributed by atoms with Crippen LogP contribution in [0.4, 0.5) is 0 Å². The predicted molar refractivity (Wildman–Crippen MR) is 78.0 cm³/mol. The van der Waals surface area contributed by atoms with Crippen LogP contribution in [0.5, 0.6) is 0 Å². The summed E-state index contributed by atoms with van der Waals surface area (Å²) in [4.78, 5) is 0. The Morgan fingerprint density at radius 1 is 0.737 bits per heavy atom. The molecule has 4 rings (SSSR count). The quantitative estimate of drug-likeness (QED) is 0.455. The topological polar surface area (TPSA) is 13.1 Å². The molecule has 1 aromatic heterocycles. The molecule has 0 aliphatic carbocycles. The summed E-state index contributed by atoms with van der Waals surface area (Å²) in [5, 5.41) is 2.20. The summed E-state index contributed by atoms with van der Waals surface area (Å²) >= 11 is 0. The van der Waals surface area contributed by atoms with E-state index in [9.17, 15) is 0 Å². The van der Waals surface area contributed by atoms with Crippen LogP contribution in [0.15, 0.2) is 71.1 Å². The number of hydrogen-bond acceptors (Lipinski definition) is 1. The van der Waals surface area contributed by atoms with Gasteiger partial charge < -0.3 is 4.42 Å². The number of rotatable bonds is 1. The predicted octanol–water partition coefficient (Wildman–Crippen LogP) is 5.05. The van der Waals surface area contributed by atoms with Gasteiger partial charge in [-0.25, -0.2) is 0 Å². The van der Waals surface area contributed by atoms with Crippen LogP contribution in [-0.2, 0) is 0 Å². The standard InChI is InChI=1S/C18H11O/c1-2-7-13(8-3-1)14-10-6-12-17-18(14)15-9-4-5-11-16(15)19-17/h1-8,10-12H. The largest absolute Gasteiger partial charge is 0.456 e. The zero-order chi connectivity index (χ0) is 12.7. The molecule has 0 fully saturated rings. The van der Waals surface area contributed by atoms with Gasteiger partial charge in [-0.15, -0.1) is 0 Å². The molecule has 0 N–H and O–H groups in total. The molecule has 0 saturated heterocycles. The van der Waals surface area contributed by atoms with Crippen LogP contribution in [0.25, 0.3) is 33.1 Å². The van der Waals surface area contributed by atoms with Gasteiger partial charge in [0.25, 0.3) is 0 Å². The second-order valence-electron chi connectivity index (χ2n) is 4.56. The van der Waals surface area contributed by atoms with Gasteiger partial charge in [0.15, 0.2) is 0 Å². The number of hydrogen-bond donors (Lipinski definition) is 0. The van der Waals surface area contributed by atoms with Crippen molar-refractivity contribution in [3.05, 3.63) is 72.8 Å². The third-order valence-electron chi connectivity index (χ3n) is 3.40. The molecular formula is C18H11O. The molecule has 3 aromatic carbocycles. The fourth-order valence-electron chi connectivity index (χ4n) is 2.55. The Hall–Kier alpha value is -2.54. The zero-order valence-corrected chi connectivity index (χ0v) is 10.3. The fourth-order valence-corrected chi connectivity index (χ4v) is 2.55. The average Bonchev–Trinajstić information content (AvgIpc) is 2.86. The van der Waals surface area contributed by atoms with Gasteiger partial charge in [0, 0.05) is 10.8 Å². The maximum atomic E-state index is 5.88. The van der Waals surface area contributed by atoms with Crippen molar-refractivity contribution in [2.45, 2.75) is 0 Å². The van der Waals surface area contributed by atoms with Gasteiger partial charge in [-0.3, -0.25) is 0 Å². The molecule has 19 heavy (non-hydrogen) atoms. The van der Waals surface area contributed by atoms with Gasteiger partial charge in [-0.1, -0.05) is 54.6 Å². The van der Waals surface area contributed by atoms with Crippen molar-refractivity contribution in [1.29, 1.82) is 0 Å². The van der Waals surface area contributed by atoms with E-state index >= 15 is 0 Å². The first kappa shape index (κ1) is 10.4. The van der Waals surface area contributed by atoms with Gasteiger partial charge in [0.05, 0.1) is 0 Å². The van der Waals surface area contributed by atoms with Gasteiger partial charge >= 0.3 is 0 Å². The lowest BCUT2D eigenvalue weighted by Gasteiger charge is -2.02. The first-order valence-electron chi connectivity index (χ1n) is 6.31. The Bertz CT molecular complexity index is 857. The lowest BCUT2D eigenvalue weighted by atomic mass is 10.00. The SMILES string of the molecule is [c]1cccc2oc3cccc(-c4ccccc4)c3c12. The van der Waals surface area contributed by atoms with Crippen molar-refractivity contribution < 1.29 is 4.42 Å². The van der Waals surface area contributed by atoms with Crippen molar-refractivity contribution in [1.82, 2.24) is 0 Å². The third kappa shape index (κ3) is 1.55. The van der Waals surface area contributed by atoms with Crippen molar-refractivity contribution >= 4 is 21.9 Å². The summed E-state index contributed by atoms with van der Waals surface area (Å²) in [6, 6.07) is 25.7. The Morgan fingerprint density at radius 2 is 1.58 bits per heavy atom. The Labute approximate surface area is 111 Å². The number of benzene rings is 3. The molecule has 1 radical (unpaired) electrons. The van der Waals surface area contributed by atoms with E-state index in [4.69, 9.17) is 4.42 Å². The molecule has 1 heterocycles. The molecule has 0 atom stereocenters. The Balaban J connectivity index is 2.17. The number of furan rings is 1. The monoisotopic (exact) mass is 243 g/mol. The smallest absolute Gasteiger partial charge is 0.136 e. The van der Waals surface area contributed by atoms with E-state index in [1.807, 2.05) is 36.4 Å². The summed E-state index contributed by atoms with van der Waals surface area (Å²) in [6.07, 6.45) is 0.